The highest BCUT2D eigenvalue weighted by molar-refractivity contribution is 5.91. The van der Waals surface area contributed by atoms with Gasteiger partial charge in [0.15, 0.2) is 5.69 Å². The van der Waals surface area contributed by atoms with Crippen LogP contribution in [-0.2, 0) is 6.54 Å². The molecule has 0 unspecified atom stereocenters. The molecule has 8 nitrogen and oxygen atoms in total. The van der Waals surface area contributed by atoms with Crippen molar-refractivity contribution in [2.75, 3.05) is 32.8 Å². The van der Waals surface area contributed by atoms with Crippen LogP contribution in [0.4, 0.5) is 0 Å². The molecular formula is C20H27N5O3. The third kappa shape index (κ3) is 5.17. The summed E-state index contributed by atoms with van der Waals surface area (Å²) < 4.78 is 7.53. The van der Waals surface area contributed by atoms with Gasteiger partial charge in [-0.1, -0.05) is 36.1 Å². The standard InChI is InChI=1S/C20H27N5O3/c1-2-13-28-19-6-4-3-5-16(19)14-24-10-7-17(8-11-24)25-15-18(22-23-25)20(27)21-9-12-26/h2-6,15,17,26H,1,7-14H2,(H,21,27). The monoisotopic (exact) mass is 385 g/mol. The largest absolute Gasteiger partial charge is 0.489 e. The maximum absolute atomic E-state index is 11.9. The second-order valence-electron chi connectivity index (χ2n) is 6.78. The molecule has 2 aromatic rings. The van der Waals surface area contributed by atoms with E-state index >= 15 is 0 Å². The Kier molecular flexibility index (Phi) is 7.16. The van der Waals surface area contributed by atoms with Gasteiger partial charge in [0.1, 0.15) is 12.4 Å². The summed E-state index contributed by atoms with van der Waals surface area (Å²) in [6.45, 7) is 7.03. The minimum atomic E-state index is -0.311. The third-order valence-corrected chi connectivity index (χ3v) is 4.79. The molecule has 2 heterocycles. The number of aromatic nitrogens is 3. The van der Waals surface area contributed by atoms with Crippen molar-refractivity contribution in [1.82, 2.24) is 25.2 Å². The average molecular weight is 385 g/mol. The lowest BCUT2D eigenvalue weighted by Crippen LogP contribution is -2.34. The zero-order valence-corrected chi connectivity index (χ0v) is 16.0. The lowest BCUT2D eigenvalue weighted by Gasteiger charge is -2.32. The summed E-state index contributed by atoms with van der Waals surface area (Å²) in [7, 11) is 0. The Balaban J connectivity index is 1.53. The molecule has 1 aromatic carbocycles. The first kappa shape index (κ1) is 20.0. The van der Waals surface area contributed by atoms with Crippen LogP contribution in [0.1, 0.15) is 34.9 Å². The van der Waals surface area contributed by atoms with Gasteiger partial charge < -0.3 is 15.2 Å². The van der Waals surface area contributed by atoms with E-state index in [2.05, 4.69) is 33.2 Å². The van der Waals surface area contributed by atoms with Gasteiger partial charge in [0.05, 0.1) is 18.8 Å². The molecule has 1 fully saturated rings. The third-order valence-electron chi connectivity index (χ3n) is 4.79. The maximum atomic E-state index is 11.9. The molecule has 0 radical (unpaired) electrons. The highest BCUT2D eigenvalue weighted by Crippen LogP contribution is 2.25. The number of piperidine rings is 1. The number of rotatable bonds is 9. The molecule has 0 aliphatic carbocycles. The predicted octanol–water partition coefficient (Wildman–Crippen LogP) is 1.40. The molecule has 0 saturated carbocycles. The highest BCUT2D eigenvalue weighted by atomic mass is 16.5. The van der Waals surface area contributed by atoms with E-state index in [-0.39, 0.29) is 30.8 Å². The Morgan fingerprint density at radius 2 is 2.14 bits per heavy atom. The number of aliphatic hydroxyl groups excluding tert-OH is 1. The van der Waals surface area contributed by atoms with Crippen molar-refractivity contribution in [2.24, 2.45) is 0 Å². The quantitative estimate of drug-likeness (QED) is 0.634. The van der Waals surface area contributed by atoms with Gasteiger partial charge in [0.2, 0.25) is 0 Å². The fraction of sp³-hybridized carbons (Fsp3) is 0.450. The summed E-state index contributed by atoms with van der Waals surface area (Å²) in [4.78, 5) is 14.3. The van der Waals surface area contributed by atoms with Crippen LogP contribution < -0.4 is 10.1 Å². The smallest absolute Gasteiger partial charge is 0.273 e. The van der Waals surface area contributed by atoms with Crippen LogP contribution in [-0.4, -0.2) is 63.8 Å². The van der Waals surface area contributed by atoms with Crippen LogP contribution in [0.15, 0.2) is 43.1 Å². The maximum Gasteiger partial charge on any atom is 0.273 e. The zero-order chi connectivity index (χ0) is 19.8. The number of ether oxygens (including phenoxy) is 1. The number of nitrogens with one attached hydrogen (secondary N) is 1. The second-order valence-corrected chi connectivity index (χ2v) is 6.78. The van der Waals surface area contributed by atoms with Gasteiger partial charge in [-0.25, -0.2) is 4.68 Å². The van der Waals surface area contributed by atoms with E-state index in [4.69, 9.17) is 9.84 Å². The zero-order valence-electron chi connectivity index (χ0n) is 16.0. The van der Waals surface area contributed by atoms with Crippen LogP contribution >= 0.6 is 0 Å². The van der Waals surface area contributed by atoms with Gasteiger partial charge in [-0.3, -0.25) is 9.69 Å². The summed E-state index contributed by atoms with van der Waals surface area (Å²) in [5, 5.41) is 19.5. The van der Waals surface area contributed by atoms with Crippen molar-refractivity contribution >= 4 is 5.91 Å². The van der Waals surface area contributed by atoms with Crippen molar-refractivity contribution in [3.8, 4) is 5.75 Å². The minimum Gasteiger partial charge on any atom is -0.489 e. The number of amides is 1. The Bertz CT molecular complexity index is 784. The first-order valence-electron chi connectivity index (χ1n) is 9.56. The minimum absolute atomic E-state index is 0.0971. The lowest BCUT2D eigenvalue weighted by molar-refractivity contribution is 0.0939. The molecule has 2 N–H and O–H groups in total. The van der Waals surface area contributed by atoms with E-state index in [9.17, 15) is 4.79 Å². The molecule has 1 aliphatic heterocycles. The van der Waals surface area contributed by atoms with E-state index < -0.39 is 0 Å². The van der Waals surface area contributed by atoms with E-state index in [0.717, 1.165) is 38.2 Å². The molecule has 150 valence electrons. The fourth-order valence-electron chi connectivity index (χ4n) is 3.33. The number of carbonyl (C=O) groups excluding carboxylic acids is 1. The molecule has 0 bridgehead atoms. The Labute approximate surface area is 164 Å². The average Bonchev–Trinajstić information content (AvgIpc) is 3.22. The van der Waals surface area contributed by atoms with E-state index in [0.29, 0.717) is 6.61 Å². The summed E-state index contributed by atoms with van der Waals surface area (Å²) in [6, 6.07) is 8.33. The van der Waals surface area contributed by atoms with Gasteiger partial charge >= 0.3 is 0 Å². The fourth-order valence-corrected chi connectivity index (χ4v) is 3.33. The molecule has 0 spiro atoms. The number of hydrogen-bond acceptors (Lipinski definition) is 6. The summed E-state index contributed by atoms with van der Waals surface area (Å²) in [5.41, 5.74) is 1.45. The van der Waals surface area contributed by atoms with Crippen LogP contribution in [0.3, 0.4) is 0 Å². The molecule has 1 aromatic heterocycles. The van der Waals surface area contributed by atoms with Gasteiger partial charge in [-0.05, 0) is 18.9 Å². The predicted molar refractivity (Wildman–Crippen MR) is 105 cm³/mol. The topological polar surface area (TPSA) is 92.5 Å². The Morgan fingerprint density at radius 3 is 2.89 bits per heavy atom. The molecule has 0 atom stereocenters. The molecule has 28 heavy (non-hydrogen) atoms. The molecule has 1 amide bonds. The summed E-state index contributed by atoms with van der Waals surface area (Å²) >= 11 is 0. The molecule has 3 rings (SSSR count). The van der Waals surface area contributed by atoms with Crippen LogP contribution in [0.2, 0.25) is 0 Å². The number of aliphatic hydroxyl groups is 1. The van der Waals surface area contributed by atoms with Crippen LogP contribution in [0.25, 0.3) is 0 Å². The van der Waals surface area contributed by atoms with Gasteiger partial charge in [0.25, 0.3) is 5.91 Å². The number of hydrogen-bond donors (Lipinski definition) is 2. The first-order valence-corrected chi connectivity index (χ1v) is 9.56. The van der Waals surface area contributed by atoms with Gasteiger partial charge in [-0.2, -0.15) is 0 Å². The summed E-state index contributed by atoms with van der Waals surface area (Å²) in [6.07, 6.45) is 5.32. The number of nitrogens with zero attached hydrogens (tertiary/aromatic N) is 4. The SMILES string of the molecule is C=CCOc1ccccc1CN1CCC(n2cc(C(=O)NCCO)nn2)CC1. The Morgan fingerprint density at radius 1 is 1.36 bits per heavy atom. The molecule has 1 saturated heterocycles. The lowest BCUT2D eigenvalue weighted by atomic mass is 10.0. The molecule has 1 aliphatic rings. The molecular weight excluding hydrogens is 358 g/mol. The number of likely N-dealkylation sites (tertiary alicyclic amines) is 1. The first-order chi connectivity index (χ1) is 13.7. The van der Waals surface area contributed by atoms with Crippen molar-refractivity contribution in [1.29, 1.82) is 0 Å². The van der Waals surface area contributed by atoms with Crippen LogP contribution in [0.5, 0.6) is 5.75 Å². The van der Waals surface area contributed by atoms with E-state index in [1.165, 1.54) is 5.56 Å². The van der Waals surface area contributed by atoms with Crippen molar-refractivity contribution in [3.63, 3.8) is 0 Å². The van der Waals surface area contributed by atoms with Gasteiger partial charge in [-0.15, -0.1) is 5.10 Å². The van der Waals surface area contributed by atoms with Crippen molar-refractivity contribution < 1.29 is 14.6 Å². The van der Waals surface area contributed by atoms with Crippen LogP contribution in [0, 0.1) is 0 Å². The normalized spacial score (nSPS) is 15.3. The number of benzene rings is 1. The Hall–Kier alpha value is -2.71. The van der Waals surface area contributed by atoms with E-state index in [1.54, 1.807) is 17.0 Å². The number of para-hydroxylation sites is 1. The van der Waals surface area contributed by atoms with E-state index in [1.807, 2.05) is 18.2 Å². The second kappa shape index (κ2) is 10.0. The summed E-state index contributed by atoms with van der Waals surface area (Å²) in [5.74, 6) is 0.591. The highest BCUT2D eigenvalue weighted by Gasteiger charge is 2.23. The van der Waals surface area contributed by atoms with Crippen molar-refractivity contribution in [3.05, 3.63) is 54.4 Å². The number of carbonyl (C=O) groups is 1. The van der Waals surface area contributed by atoms with Crippen molar-refractivity contribution in [2.45, 2.75) is 25.4 Å². The molecule has 8 heteroatoms. The van der Waals surface area contributed by atoms with Gasteiger partial charge in [0, 0.05) is 31.7 Å².